The van der Waals surface area contributed by atoms with Crippen molar-refractivity contribution in [3.8, 4) is 22.8 Å². The summed E-state index contributed by atoms with van der Waals surface area (Å²) in [7, 11) is -2.43. The van der Waals surface area contributed by atoms with Crippen LogP contribution >= 0.6 is 0 Å². The molecule has 0 fully saturated rings. The lowest BCUT2D eigenvalue weighted by atomic mass is 10.2. The van der Waals surface area contributed by atoms with E-state index in [1.807, 2.05) is 0 Å². The molecule has 0 atom stereocenters. The van der Waals surface area contributed by atoms with Gasteiger partial charge in [0.05, 0.1) is 5.75 Å². The molecule has 0 unspecified atom stereocenters. The van der Waals surface area contributed by atoms with E-state index < -0.39 is 21.7 Å². The molecule has 2 heterocycles. The van der Waals surface area contributed by atoms with Crippen molar-refractivity contribution in [2.75, 3.05) is 17.1 Å². The summed E-state index contributed by atoms with van der Waals surface area (Å²) < 4.78 is 35.3. The maximum absolute atomic E-state index is 12.0. The first-order chi connectivity index (χ1) is 10.8. The van der Waals surface area contributed by atoms with Gasteiger partial charge in [0.25, 0.3) is 5.88 Å². The molecule has 0 radical (unpaired) electrons. The Labute approximate surface area is 133 Å². The van der Waals surface area contributed by atoms with Gasteiger partial charge in [-0.1, -0.05) is 0 Å². The summed E-state index contributed by atoms with van der Waals surface area (Å²) in [5.74, 6) is -2.05. The van der Waals surface area contributed by atoms with Crippen molar-refractivity contribution < 1.29 is 27.5 Å². The summed E-state index contributed by atoms with van der Waals surface area (Å²) in [5.41, 5.74) is 0.409. The average molecular weight is 340 g/mol. The molecule has 9 heteroatoms. The largest absolute Gasteiger partial charge is 0.502 e. The first kappa shape index (κ1) is 16.8. The average Bonchev–Trinajstić information content (AvgIpc) is 2.84. The van der Waals surface area contributed by atoms with Crippen LogP contribution in [0.3, 0.4) is 0 Å². The normalized spacial score (nSPS) is 11.3. The molecule has 0 amide bonds. The van der Waals surface area contributed by atoms with Crippen molar-refractivity contribution in [3.05, 3.63) is 24.5 Å². The van der Waals surface area contributed by atoms with Crippen LogP contribution in [0.4, 0.5) is 5.88 Å². The first-order valence-corrected chi connectivity index (χ1v) is 8.30. The van der Waals surface area contributed by atoms with E-state index in [-0.39, 0.29) is 23.1 Å². The molecule has 2 aromatic heterocycles. The van der Waals surface area contributed by atoms with Crippen LogP contribution in [0.25, 0.3) is 11.3 Å². The third kappa shape index (κ3) is 3.29. The van der Waals surface area contributed by atoms with Gasteiger partial charge in [0.2, 0.25) is 21.5 Å². The summed E-state index contributed by atoms with van der Waals surface area (Å²) in [6.07, 6.45) is 2.96. The quantitative estimate of drug-likeness (QED) is 0.826. The number of nitrogens with zero attached hydrogens (tertiary/aromatic N) is 2. The summed E-state index contributed by atoms with van der Waals surface area (Å²) in [6, 6.07) is 3.23. The Kier molecular flexibility index (Phi) is 4.60. The van der Waals surface area contributed by atoms with Gasteiger partial charge in [-0.2, -0.15) is 0 Å². The fraction of sp³-hybridized carbons (Fsp3) is 0.286. The maximum atomic E-state index is 12.0. The number of hydrogen-bond donors (Lipinski definition) is 1. The third-order valence-corrected chi connectivity index (χ3v) is 4.79. The van der Waals surface area contributed by atoms with Crippen LogP contribution in [-0.2, 0) is 14.8 Å². The van der Waals surface area contributed by atoms with Gasteiger partial charge in [0, 0.05) is 31.9 Å². The maximum Gasteiger partial charge on any atom is 0.308 e. The van der Waals surface area contributed by atoms with E-state index in [1.54, 1.807) is 12.1 Å². The van der Waals surface area contributed by atoms with Crippen LogP contribution in [0.15, 0.2) is 28.9 Å². The third-order valence-electron chi connectivity index (χ3n) is 3.06. The fourth-order valence-corrected chi connectivity index (χ4v) is 2.61. The van der Waals surface area contributed by atoms with Gasteiger partial charge in [-0.15, -0.1) is 0 Å². The molecular weight excluding hydrogens is 324 g/mol. The van der Waals surface area contributed by atoms with Crippen molar-refractivity contribution >= 4 is 21.9 Å². The molecule has 0 spiro atoms. The van der Waals surface area contributed by atoms with E-state index in [2.05, 4.69) is 4.98 Å². The molecule has 0 aliphatic rings. The molecule has 0 saturated carbocycles. The lowest BCUT2D eigenvalue weighted by Crippen LogP contribution is -2.28. The molecule has 0 aliphatic carbocycles. The number of ether oxygens (including phenoxy) is 1. The predicted octanol–water partition coefficient (Wildman–Crippen LogP) is 1.76. The van der Waals surface area contributed by atoms with Gasteiger partial charge in [-0.05, 0) is 19.1 Å². The molecule has 8 nitrogen and oxygen atoms in total. The minimum atomic E-state index is -3.67. The fourth-order valence-electron chi connectivity index (χ4n) is 1.85. The Bertz CT molecular complexity index is 813. The second-order valence-electron chi connectivity index (χ2n) is 4.62. The van der Waals surface area contributed by atoms with E-state index >= 15 is 0 Å². The van der Waals surface area contributed by atoms with Crippen molar-refractivity contribution in [2.45, 2.75) is 13.8 Å². The molecular formula is C14H16N2O6S. The van der Waals surface area contributed by atoms with Crippen LogP contribution < -0.4 is 9.04 Å². The van der Waals surface area contributed by atoms with E-state index in [0.29, 0.717) is 5.56 Å². The molecule has 2 aromatic rings. The zero-order valence-corrected chi connectivity index (χ0v) is 13.6. The number of rotatable bonds is 5. The standard InChI is InChI=1S/C14H16N2O6S/c1-4-23(19,20)16(3)14-13(21-9(2)17)11(18)12(22-14)10-6-5-7-15-8-10/h5-8,18H,4H2,1-3H3. The lowest BCUT2D eigenvalue weighted by molar-refractivity contribution is -0.132. The van der Waals surface area contributed by atoms with Gasteiger partial charge >= 0.3 is 5.97 Å². The van der Waals surface area contributed by atoms with E-state index in [4.69, 9.17) is 9.15 Å². The smallest absolute Gasteiger partial charge is 0.308 e. The highest BCUT2D eigenvalue weighted by atomic mass is 32.2. The molecule has 1 N–H and O–H groups in total. The van der Waals surface area contributed by atoms with E-state index in [1.165, 1.54) is 26.4 Å². The Morgan fingerprint density at radius 3 is 2.70 bits per heavy atom. The number of sulfonamides is 1. The zero-order chi connectivity index (χ0) is 17.2. The number of carbonyl (C=O) groups excluding carboxylic acids is 1. The van der Waals surface area contributed by atoms with E-state index in [9.17, 15) is 18.3 Å². The predicted molar refractivity (Wildman–Crippen MR) is 82.8 cm³/mol. The van der Waals surface area contributed by atoms with Gasteiger partial charge < -0.3 is 14.3 Å². The highest BCUT2D eigenvalue weighted by Gasteiger charge is 2.31. The van der Waals surface area contributed by atoms with Crippen molar-refractivity contribution in [3.63, 3.8) is 0 Å². The number of furan rings is 1. The second-order valence-corrected chi connectivity index (χ2v) is 6.91. The minimum absolute atomic E-state index is 0.0393. The summed E-state index contributed by atoms with van der Waals surface area (Å²) in [5, 5.41) is 10.3. The summed E-state index contributed by atoms with van der Waals surface area (Å²) in [4.78, 5) is 15.2. The summed E-state index contributed by atoms with van der Waals surface area (Å²) >= 11 is 0. The number of carbonyl (C=O) groups is 1. The van der Waals surface area contributed by atoms with Gasteiger partial charge in [0.1, 0.15) is 0 Å². The van der Waals surface area contributed by atoms with Gasteiger partial charge in [-0.25, -0.2) is 12.7 Å². The Morgan fingerprint density at radius 2 is 2.17 bits per heavy atom. The second kappa shape index (κ2) is 6.29. The minimum Gasteiger partial charge on any atom is -0.502 e. The van der Waals surface area contributed by atoms with Crippen molar-refractivity contribution in [1.82, 2.24) is 4.98 Å². The number of anilines is 1. The van der Waals surface area contributed by atoms with E-state index in [0.717, 1.165) is 11.2 Å². The molecule has 0 saturated heterocycles. The Hall–Kier alpha value is -2.55. The zero-order valence-electron chi connectivity index (χ0n) is 12.8. The molecule has 0 aromatic carbocycles. The SMILES string of the molecule is CCS(=O)(=O)N(C)c1oc(-c2cccnc2)c(O)c1OC(C)=O. The number of pyridine rings is 1. The molecule has 23 heavy (non-hydrogen) atoms. The van der Waals surface area contributed by atoms with Crippen LogP contribution in [0.1, 0.15) is 13.8 Å². The van der Waals surface area contributed by atoms with Crippen molar-refractivity contribution in [2.24, 2.45) is 0 Å². The summed E-state index contributed by atoms with van der Waals surface area (Å²) in [6.45, 7) is 2.59. The van der Waals surface area contributed by atoms with Crippen molar-refractivity contribution in [1.29, 1.82) is 0 Å². The highest BCUT2D eigenvalue weighted by molar-refractivity contribution is 7.92. The molecule has 2 rings (SSSR count). The lowest BCUT2D eigenvalue weighted by Gasteiger charge is -2.16. The highest BCUT2D eigenvalue weighted by Crippen LogP contribution is 2.47. The van der Waals surface area contributed by atoms with Crippen LogP contribution in [0.5, 0.6) is 11.5 Å². The number of hydrogen-bond acceptors (Lipinski definition) is 7. The molecule has 0 bridgehead atoms. The van der Waals surface area contributed by atoms with Crippen LogP contribution in [0, 0.1) is 0 Å². The topological polar surface area (TPSA) is 110 Å². The monoisotopic (exact) mass is 340 g/mol. The van der Waals surface area contributed by atoms with Crippen LogP contribution in [0.2, 0.25) is 0 Å². The first-order valence-electron chi connectivity index (χ1n) is 6.69. The van der Waals surface area contributed by atoms with Gasteiger partial charge in [-0.3, -0.25) is 9.78 Å². The number of aromatic nitrogens is 1. The molecule has 0 aliphatic heterocycles. The van der Waals surface area contributed by atoms with Crippen LogP contribution in [-0.4, -0.2) is 37.3 Å². The molecule has 124 valence electrons. The number of aromatic hydroxyl groups is 1. The Morgan fingerprint density at radius 1 is 1.48 bits per heavy atom. The van der Waals surface area contributed by atoms with Gasteiger partial charge in [0.15, 0.2) is 5.76 Å². The Balaban J connectivity index is 2.64. The number of esters is 1.